The molecule has 2 aromatic carbocycles. The molecule has 0 radical (unpaired) electrons. The normalized spacial score (nSPS) is 14.0. The molecule has 1 fully saturated rings. The van der Waals surface area contributed by atoms with E-state index in [2.05, 4.69) is 0 Å². The molecule has 0 saturated carbocycles. The number of ether oxygens (including phenoxy) is 2. The first-order valence-electron chi connectivity index (χ1n) is 9.36. The van der Waals surface area contributed by atoms with Crippen molar-refractivity contribution in [2.75, 3.05) is 40.4 Å². The summed E-state index contributed by atoms with van der Waals surface area (Å²) in [4.78, 5) is 28.9. The molecule has 1 heterocycles. The van der Waals surface area contributed by atoms with Gasteiger partial charge in [-0.3, -0.25) is 9.59 Å². The molecule has 0 atom stereocenters. The lowest BCUT2D eigenvalue weighted by molar-refractivity contribution is -0.131. The van der Waals surface area contributed by atoms with Gasteiger partial charge in [0, 0.05) is 43.4 Å². The maximum Gasteiger partial charge on any atom is 0.253 e. The van der Waals surface area contributed by atoms with Crippen LogP contribution < -0.4 is 9.47 Å². The Morgan fingerprint density at radius 1 is 0.893 bits per heavy atom. The molecule has 0 N–H and O–H groups in total. The number of benzene rings is 2. The van der Waals surface area contributed by atoms with Crippen LogP contribution in [0.3, 0.4) is 0 Å². The largest absolute Gasteiger partial charge is 0.497 e. The Morgan fingerprint density at radius 3 is 2.14 bits per heavy atom. The molecule has 0 aromatic heterocycles. The molecule has 0 bridgehead atoms. The third kappa shape index (κ3) is 4.44. The quantitative estimate of drug-likeness (QED) is 0.797. The Bertz CT molecular complexity index is 840. The van der Waals surface area contributed by atoms with Gasteiger partial charge >= 0.3 is 0 Å². The molecule has 0 aliphatic carbocycles. The van der Waals surface area contributed by atoms with Gasteiger partial charge in [0.05, 0.1) is 20.6 Å². The fraction of sp³-hybridized carbons (Fsp3) is 0.364. The average molecular weight is 382 g/mol. The minimum atomic E-state index is 0.0175. The third-order valence-electron chi connectivity index (χ3n) is 5.05. The zero-order chi connectivity index (χ0) is 20.1. The Kier molecular flexibility index (Phi) is 6.19. The van der Waals surface area contributed by atoms with E-state index in [0.29, 0.717) is 43.2 Å². The summed E-state index contributed by atoms with van der Waals surface area (Å²) in [5.74, 6) is 1.38. The SMILES string of the molecule is COc1ccc(CC(=O)N2CCN(C(=O)c3ccc(C)cc3)CC2)c(OC)c1. The molecule has 1 aliphatic heterocycles. The van der Waals surface area contributed by atoms with Crippen LogP contribution in [0.2, 0.25) is 0 Å². The van der Waals surface area contributed by atoms with E-state index in [4.69, 9.17) is 9.47 Å². The Balaban J connectivity index is 1.58. The molecule has 148 valence electrons. The van der Waals surface area contributed by atoms with Gasteiger partial charge in [0.1, 0.15) is 11.5 Å². The van der Waals surface area contributed by atoms with Crippen LogP contribution in [0, 0.1) is 6.92 Å². The average Bonchev–Trinajstić information content (AvgIpc) is 2.74. The molecule has 28 heavy (non-hydrogen) atoms. The van der Waals surface area contributed by atoms with Crippen molar-refractivity contribution in [1.29, 1.82) is 0 Å². The summed E-state index contributed by atoms with van der Waals surface area (Å²) >= 11 is 0. The monoisotopic (exact) mass is 382 g/mol. The minimum absolute atomic E-state index is 0.0175. The highest BCUT2D eigenvalue weighted by molar-refractivity contribution is 5.94. The van der Waals surface area contributed by atoms with Gasteiger partial charge in [-0.15, -0.1) is 0 Å². The zero-order valence-electron chi connectivity index (χ0n) is 16.6. The molecular weight excluding hydrogens is 356 g/mol. The van der Waals surface area contributed by atoms with Gasteiger partial charge in [-0.2, -0.15) is 0 Å². The lowest BCUT2D eigenvalue weighted by atomic mass is 10.1. The van der Waals surface area contributed by atoms with Crippen LogP contribution in [0.15, 0.2) is 42.5 Å². The Morgan fingerprint density at radius 2 is 1.54 bits per heavy atom. The Hall–Kier alpha value is -3.02. The van der Waals surface area contributed by atoms with E-state index >= 15 is 0 Å². The first-order chi connectivity index (χ1) is 13.5. The molecule has 2 amide bonds. The van der Waals surface area contributed by atoms with Gasteiger partial charge in [0.15, 0.2) is 0 Å². The second-order valence-corrected chi connectivity index (χ2v) is 6.89. The number of hydrogen-bond acceptors (Lipinski definition) is 4. The fourth-order valence-corrected chi connectivity index (χ4v) is 3.31. The number of amides is 2. The van der Waals surface area contributed by atoms with Crippen molar-refractivity contribution in [2.24, 2.45) is 0 Å². The summed E-state index contributed by atoms with van der Waals surface area (Å²) in [6.07, 6.45) is 0.263. The molecule has 0 unspecified atom stereocenters. The number of methoxy groups -OCH3 is 2. The highest BCUT2D eigenvalue weighted by atomic mass is 16.5. The smallest absolute Gasteiger partial charge is 0.253 e. The van der Waals surface area contributed by atoms with Crippen molar-refractivity contribution in [3.8, 4) is 11.5 Å². The second-order valence-electron chi connectivity index (χ2n) is 6.89. The zero-order valence-corrected chi connectivity index (χ0v) is 16.6. The summed E-state index contributed by atoms with van der Waals surface area (Å²) in [6, 6.07) is 13.0. The summed E-state index contributed by atoms with van der Waals surface area (Å²) in [6.45, 7) is 4.15. The summed E-state index contributed by atoms with van der Waals surface area (Å²) in [5, 5.41) is 0. The van der Waals surface area contributed by atoms with Crippen molar-refractivity contribution in [2.45, 2.75) is 13.3 Å². The maximum absolute atomic E-state index is 12.7. The number of rotatable bonds is 5. The van der Waals surface area contributed by atoms with Crippen LogP contribution in [0.4, 0.5) is 0 Å². The third-order valence-corrected chi connectivity index (χ3v) is 5.05. The van der Waals surface area contributed by atoms with E-state index in [0.717, 1.165) is 11.1 Å². The number of carbonyl (C=O) groups excluding carboxylic acids is 2. The van der Waals surface area contributed by atoms with Crippen LogP contribution in [-0.2, 0) is 11.2 Å². The van der Waals surface area contributed by atoms with Crippen molar-refractivity contribution in [3.05, 3.63) is 59.2 Å². The fourth-order valence-electron chi connectivity index (χ4n) is 3.31. The molecule has 6 nitrogen and oxygen atoms in total. The molecule has 1 saturated heterocycles. The molecule has 0 spiro atoms. The number of carbonyl (C=O) groups is 2. The number of piperazine rings is 1. The van der Waals surface area contributed by atoms with Crippen molar-refractivity contribution >= 4 is 11.8 Å². The lowest BCUT2D eigenvalue weighted by Gasteiger charge is -2.35. The summed E-state index contributed by atoms with van der Waals surface area (Å²) < 4.78 is 10.6. The standard InChI is InChI=1S/C22H26N2O4/c1-16-4-6-17(7-5-16)22(26)24-12-10-23(11-13-24)21(25)14-18-8-9-19(27-2)15-20(18)28-3/h4-9,15H,10-14H2,1-3H3. The number of nitrogens with zero attached hydrogens (tertiary/aromatic N) is 2. The maximum atomic E-state index is 12.7. The number of aryl methyl sites for hydroxylation is 1. The summed E-state index contributed by atoms with van der Waals surface area (Å²) in [7, 11) is 3.18. The van der Waals surface area contributed by atoms with E-state index in [1.54, 1.807) is 20.3 Å². The molecule has 2 aromatic rings. The molecular formula is C22H26N2O4. The van der Waals surface area contributed by atoms with E-state index in [-0.39, 0.29) is 18.2 Å². The molecule has 1 aliphatic rings. The van der Waals surface area contributed by atoms with Crippen molar-refractivity contribution in [3.63, 3.8) is 0 Å². The predicted octanol–water partition coefficient (Wildman–Crippen LogP) is 2.54. The van der Waals surface area contributed by atoms with Gasteiger partial charge in [0.2, 0.25) is 5.91 Å². The minimum Gasteiger partial charge on any atom is -0.497 e. The van der Waals surface area contributed by atoms with Crippen LogP contribution in [0.25, 0.3) is 0 Å². The van der Waals surface area contributed by atoms with Gasteiger partial charge in [0.25, 0.3) is 5.91 Å². The second kappa shape index (κ2) is 8.78. The van der Waals surface area contributed by atoms with E-state index in [1.807, 2.05) is 53.1 Å². The molecule has 6 heteroatoms. The highest BCUT2D eigenvalue weighted by Crippen LogP contribution is 2.25. The van der Waals surface area contributed by atoms with E-state index in [9.17, 15) is 9.59 Å². The number of hydrogen-bond donors (Lipinski definition) is 0. The highest BCUT2D eigenvalue weighted by Gasteiger charge is 2.25. The topological polar surface area (TPSA) is 59.1 Å². The van der Waals surface area contributed by atoms with Gasteiger partial charge in [-0.25, -0.2) is 0 Å². The van der Waals surface area contributed by atoms with Crippen LogP contribution >= 0.6 is 0 Å². The van der Waals surface area contributed by atoms with E-state index in [1.165, 1.54) is 0 Å². The predicted molar refractivity (Wildman–Crippen MR) is 107 cm³/mol. The van der Waals surface area contributed by atoms with Crippen LogP contribution in [0.1, 0.15) is 21.5 Å². The lowest BCUT2D eigenvalue weighted by Crippen LogP contribution is -2.51. The van der Waals surface area contributed by atoms with Crippen molar-refractivity contribution < 1.29 is 19.1 Å². The van der Waals surface area contributed by atoms with Gasteiger partial charge in [-0.05, 0) is 25.1 Å². The molecule has 3 rings (SSSR count). The van der Waals surface area contributed by atoms with Crippen molar-refractivity contribution in [1.82, 2.24) is 9.80 Å². The Labute approximate surface area is 165 Å². The first kappa shape index (κ1) is 19.7. The van der Waals surface area contributed by atoms with Crippen LogP contribution in [-0.4, -0.2) is 62.0 Å². The van der Waals surface area contributed by atoms with Crippen LogP contribution in [0.5, 0.6) is 11.5 Å². The van der Waals surface area contributed by atoms with Gasteiger partial charge < -0.3 is 19.3 Å². The van der Waals surface area contributed by atoms with Gasteiger partial charge in [-0.1, -0.05) is 23.8 Å². The van der Waals surface area contributed by atoms with E-state index < -0.39 is 0 Å². The first-order valence-corrected chi connectivity index (χ1v) is 9.36. The summed E-state index contributed by atoms with van der Waals surface area (Å²) in [5.41, 5.74) is 2.64.